The van der Waals surface area contributed by atoms with Crippen molar-refractivity contribution >= 4 is 86.7 Å². The van der Waals surface area contributed by atoms with E-state index in [0.717, 1.165) is 0 Å². The molecule has 0 N–H and O–H groups in total. The van der Waals surface area contributed by atoms with Crippen LogP contribution in [-0.2, 0) is 5.41 Å². The minimum Gasteiger partial charge on any atom is -0.309 e. The molecule has 0 atom stereocenters. The maximum absolute atomic E-state index is 2.50. The van der Waals surface area contributed by atoms with E-state index in [0.29, 0.717) is 0 Å². The van der Waals surface area contributed by atoms with Gasteiger partial charge in [-0.2, -0.15) is 0 Å². The van der Waals surface area contributed by atoms with Gasteiger partial charge in [-0.1, -0.05) is 147 Å². The van der Waals surface area contributed by atoms with E-state index >= 15 is 0 Å². The third kappa shape index (κ3) is 4.04. The molecule has 0 spiro atoms. The summed E-state index contributed by atoms with van der Waals surface area (Å²) >= 11 is 0. The van der Waals surface area contributed by atoms with E-state index in [4.69, 9.17) is 0 Å². The molecule has 0 unspecified atom stereocenters. The highest BCUT2D eigenvalue weighted by Crippen LogP contribution is 2.51. The van der Waals surface area contributed by atoms with Crippen LogP contribution in [0.4, 0.5) is 0 Å². The van der Waals surface area contributed by atoms with Gasteiger partial charge in [-0.15, -0.1) is 0 Å². The van der Waals surface area contributed by atoms with E-state index in [1.54, 1.807) is 0 Å². The van der Waals surface area contributed by atoms with Gasteiger partial charge in [-0.3, -0.25) is 0 Å². The third-order valence-corrected chi connectivity index (χ3v) is 13.3. The number of nitrogens with zero attached hydrogens (tertiary/aromatic N) is 2. The topological polar surface area (TPSA) is 9.86 Å². The average Bonchev–Trinajstić information content (AvgIpc) is 3.87. The van der Waals surface area contributed by atoms with Crippen LogP contribution in [0.15, 0.2) is 182 Å². The van der Waals surface area contributed by atoms with Crippen LogP contribution in [0.5, 0.6) is 0 Å². The Balaban J connectivity index is 1.03. The summed E-state index contributed by atoms with van der Waals surface area (Å²) in [5, 5.41) is 15.5. The van der Waals surface area contributed by atoms with Crippen molar-refractivity contribution in [1.82, 2.24) is 9.13 Å². The second kappa shape index (κ2) is 11.0. The monoisotopic (exact) mass is 724 g/mol. The number of hydrogen-bond acceptors (Lipinski definition) is 0. The van der Waals surface area contributed by atoms with Gasteiger partial charge < -0.3 is 9.13 Å². The fraction of sp³-hybridized carbons (Fsp3) is 0.0545. The van der Waals surface area contributed by atoms with E-state index in [1.807, 2.05) is 0 Å². The summed E-state index contributed by atoms with van der Waals surface area (Å²) in [7, 11) is 0. The summed E-state index contributed by atoms with van der Waals surface area (Å²) < 4.78 is 5.00. The Morgan fingerprint density at radius 3 is 0.930 bits per heavy atom. The molecule has 0 radical (unpaired) electrons. The Bertz CT molecular complexity index is 3290. The van der Waals surface area contributed by atoms with Crippen LogP contribution in [-0.4, -0.2) is 9.13 Å². The Labute approximate surface area is 329 Å². The van der Waals surface area contributed by atoms with Crippen LogP contribution >= 0.6 is 0 Å². The minimum atomic E-state index is -0.215. The zero-order valence-corrected chi connectivity index (χ0v) is 31.7. The van der Waals surface area contributed by atoms with Crippen LogP contribution in [0.25, 0.3) is 109 Å². The first-order valence-electron chi connectivity index (χ1n) is 20.0. The smallest absolute Gasteiger partial charge is 0.0547 e. The molecule has 0 saturated carbocycles. The fourth-order valence-electron chi connectivity index (χ4n) is 10.6. The lowest BCUT2D eigenvalue weighted by Crippen LogP contribution is -2.16. The molecule has 0 saturated heterocycles. The third-order valence-electron chi connectivity index (χ3n) is 13.3. The van der Waals surface area contributed by atoms with Crippen molar-refractivity contribution in [2.24, 2.45) is 0 Å². The van der Waals surface area contributed by atoms with Crippen molar-refractivity contribution < 1.29 is 0 Å². The normalized spacial score (nSPS) is 13.6. The Hall–Kier alpha value is -7.16. The first-order chi connectivity index (χ1) is 28.0. The van der Waals surface area contributed by atoms with Gasteiger partial charge in [0.25, 0.3) is 0 Å². The second-order valence-electron chi connectivity index (χ2n) is 16.5. The van der Waals surface area contributed by atoms with Crippen molar-refractivity contribution in [3.05, 3.63) is 193 Å². The standard InChI is InChI=1S/C55H36N2/c1-55(2)45-31-37(56-47-27-19-33-11-3-7-15-39(33)51(47)52-40-16-8-4-12-34(40)20-28-48(52)56)23-25-43(45)44-26-24-38(32-46(44)55)57-49-29-21-35-13-5-9-17-41(35)53(49)54-42-18-10-6-14-36(42)22-30-50(54)57/h3-32H,1-2H3. The first-order valence-corrected chi connectivity index (χ1v) is 20.0. The van der Waals surface area contributed by atoms with Crippen LogP contribution in [0.1, 0.15) is 25.0 Å². The van der Waals surface area contributed by atoms with Crippen LogP contribution in [0.2, 0.25) is 0 Å². The maximum Gasteiger partial charge on any atom is 0.0547 e. The van der Waals surface area contributed by atoms with Crippen molar-refractivity contribution in [3.63, 3.8) is 0 Å². The minimum absolute atomic E-state index is 0.215. The molecule has 0 aliphatic heterocycles. The van der Waals surface area contributed by atoms with Gasteiger partial charge >= 0.3 is 0 Å². The molecule has 0 fully saturated rings. The molecule has 2 aromatic heterocycles. The van der Waals surface area contributed by atoms with Crippen LogP contribution < -0.4 is 0 Å². The molecule has 1 aliphatic rings. The maximum atomic E-state index is 2.50. The second-order valence-corrected chi connectivity index (χ2v) is 16.5. The number of rotatable bonds is 2. The summed E-state index contributed by atoms with van der Waals surface area (Å²) in [5.41, 5.74) is 12.5. The molecule has 10 aromatic carbocycles. The molecule has 0 bridgehead atoms. The molecule has 2 nitrogen and oxygen atoms in total. The predicted octanol–water partition coefficient (Wildman–Crippen LogP) is 14.8. The molecule has 1 aliphatic carbocycles. The predicted molar refractivity (Wildman–Crippen MR) is 243 cm³/mol. The number of fused-ring (bicyclic) bond motifs is 17. The zero-order valence-electron chi connectivity index (χ0n) is 31.7. The largest absolute Gasteiger partial charge is 0.309 e. The van der Waals surface area contributed by atoms with E-state index < -0.39 is 0 Å². The van der Waals surface area contributed by atoms with Gasteiger partial charge in [0.1, 0.15) is 0 Å². The SMILES string of the molecule is CC1(C)c2cc(-n3c4ccc5ccccc5c4c4c5ccccc5ccc43)ccc2-c2ccc(-n3c4ccc5ccccc5c4c4c5ccccc5ccc43)cc21. The Morgan fingerprint density at radius 2 is 0.614 bits per heavy atom. The molecule has 13 rings (SSSR count). The molecule has 0 amide bonds. The molecule has 266 valence electrons. The lowest BCUT2D eigenvalue weighted by atomic mass is 9.82. The summed E-state index contributed by atoms with van der Waals surface area (Å²) in [6.07, 6.45) is 0. The molecule has 12 aromatic rings. The van der Waals surface area contributed by atoms with Crippen molar-refractivity contribution in [1.29, 1.82) is 0 Å². The van der Waals surface area contributed by atoms with E-state index in [1.165, 1.54) is 120 Å². The van der Waals surface area contributed by atoms with Crippen molar-refractivity contribution in [2.45, 2.75) is 19.3 Å². The van der Waals surface area contributed by atoms with Gasteiger partial charge in [0.2, 0.25) is 0 Å². The summed E-state index contributed by atoms with van der Waals surface area (Å²) in [4.78, 5) is 0. The van der Waals surface area contributed by atoms with Crippen LogP contribution in [0, 0.1) is 0 Å². The Kier molecular flexibility index (Phi) is 6.00. The first kappa shape index (κ1) is 31.1. The van der Waals surface area contributed by atoms with Gasteiger partial charge in [-0.25, -0.2) is 0 Å². The van der Waals surface area contributed by atoms with Crippen molar-refractivity contribution in [2.75, 3.05) is 0 Å². The average molecular weight is 725 g/mol. The van der Waals surface area contributed by atoms with E-state index in [9.17, 15) is 0 Å². The highest BCUT2D eigenvalue weighted by atomic mass is 15.0. The van der Waals surface area contributed by atoms with Gasteiger partial charge in [0.15, 0.2) is 0 Å². The number of benzene rings is 10. The van der Waals surface area contributed by atoms with Gasteiger partial charge in [0.05, 0.1) is 22.1 Å². The van der Waals surface area contributed by atoms with Gasteiger partial charge in [0, 0.05) is 38.3 Å². The highest BCUT2D eigenvalue weighted by Gasteiger charge is 2.36. The lowest BCUT2D eigenvalue weighted by molar-refractivity contribution is 0.659. The lowest BCUT2D eigenvalue weighted by Gasteiger charge is -2.23. The number of aromatic nitrogens is 2. The molecule has 2 heterocycles. The quantitative estimate of drug-likeness (QED) is 0.168. The Morgan fingerprint density at radius 1 is 0.316 bits per heavy atom. The van der Waals surface area contributed by atoms with Crippen LogP contribution in [0.3, 0.4) is 0 Å². The zero-order chi connectivity index (χ0) is 37.6. The number of hydrogen-bond donors (Lipinski definition) is 0. The molecule has 2 heteroatoms. The highest BCUT2D eigenvalue weighted by molar-refractivity contribution is 6.30. The molecular weight excluding hydrogens is 689 g/mol. The fourth-order valence-corrected chi connectivity index (χ4v) is 10.6. The summed E-state index contributed by atoms with van der Waals surface area (Å²) in [5.74, 6) is 0. The van der Waals surface area contributed by atoms with Gasteiger partial charge in [-0.05, 0) is 114 Å². The summed E-state index contributed by atoms with van der Waals surface area (Å²) in [6.45, 7) is 4.82. The van der Waals surface area contributed by atoms with Crippen molar-refractivity contribution in [3.8, 4) is 22.5 Å². The molecular formula is C55H36N2. The molecule has 57 heavy (non-hydrogen) atoms. The van der Waals surface area contributed by atoms with E-state index in [2.05, 4.69) is 205 Å². The summed E-state index contributed by atoms with van der Waals surface area (Å²) in [6, 6.07) is 68.1. The van der Waals surface area contributed by atoms with E-state index in [-0.39, 0.29) is 5.41 Å².